The van der Waals surface area contributed by atoms with Crippen molar-refractivity contribution in [2.24, 2.45) is 0 Å². The van der Waals surface area contributed by atoms with Crippen LogP contribution in [0.2, 0.25) is 0 Å². The van der Waals surface area contributed by atoms with Gasteiger partial charge in [0, 0.05) is 32.9 Å². The van der Waals surface area contributed by atoms with E-state index in [1.807, 2.05) is 6.07 Å². The summed E-state index contributed by atoms with van der Waals surface area (Å²) in [6.07, 6.45) is 4.64. The van der Waals surface area contributed by atoms with Gasteiger partial charge in [-0.3, -0.25) is 0 Å². The second-order valence-corrected chi connectivity index (χ2v) is 15.8. The van der Waals surface area contributed by atoms with Crippen LogP contribution in [0.5, 0.6) is 0 Å². The number of benzene rings is 7. The van der Waals surface area contributed by atoms with Crippen molar-refractivity contribution in [1.29, 1.82) is 0 Å². The first-order valence-electron chi connectivity index (χ1n) is 18.3. The molecule has 0 atom stereocenters. The number of nitrogens with zero attached hydrogens (tertiary/aromatic N) is 1. The summed E-state index contributed by atoms with van der Waals surface area (Å²) in [4.78, 5) is 2.50. The third-order valence-electron chi connectivity index (χ3n) is 12.2. The summed E-state index contributed by atoms with van der Waals surface area (Å²) in [5.74, 6) is 0. The van der Waals surface area contributed by atoms with Gasteiger partial charge in [0.05, 0.1) is 11.4 Å². The van der Waals surface area contributed by atoms with Gasteiger partial charge in [-0.25, -0.2) is 0 Å². The number of para-hydroxylation sites is 2. The Morgan fingerprint density at radius 3 is 1.85 bits per heavy atom. The second-order valence-electron chi connectivity index (χ2n) is 15.8. The monoisotopic (exact) mass is 667 g/mol. The summed E-state index contributed by atoms with van der Waals surface area (Å²) in [6, 6.07) is 51.6. The second kappa shape index (κ2) is 10.2. The zero-order valence-electron chi connectivity index (χ0n) is 29.8. The minimum Gasteiger partial charge on any atom is -0.455 e. The van der Waals surface area contributed by atoms with Gasteiger partial charge in [0.15, 0.2) is 0 Å². The first kappa shape index (κ1) is 29.6. The molecule has 0 saturated heterocycles. The Morgan fingerprint density at radius 1 is 0.442 bits per heavy atom. The highest BCUT2D eigenvalue weighted by atomic mass is 16.3. The lowest BCUT2D eigenvalue weighted by Crippen LogP contribution is -2.18. The van der Waals surface area contributed by atoms with Gasteiger partial charge in [-0.05, 0) is 104 Å². The Bertz CT molecular complexity index is 2860. The molecule has 52 heavy (non-hydrogen) atoms. The van der Waals surface area contributed by atoms with Gasteiger partial charge in [0.2, 0.25) is 0 Å². The van der Waals surface area contributed by atoms with E-state index in [1.165, 1.54) is 67.0 Å². The lowest BCUT2D eigenvalue weighted by molar-refractivity contribution is 0.660. The summed E-state index contributed by atoms with van der Waals surface area (Å²) in [6.45, 7) is 9.46. The zero-order chi connectivity index (χ0) is 34.9. The van der Waals surface area contributed by atoms with E-state index in [4.69, 9.17) is 4.42 Å². The van der Waals surface area contributed by atoms with Crippen LogP contribution in [0.3, 0.4) is 0 Å². The van der Waals surface area contributed by atoms with Crippen molar-refractivity contribution in [3.05, 3.63) is 173 Å². The first-order chi connectivity index (χ1) is 25.3. The van der Waals surface area contributed by atoms with Crippen LogP contribution in [0, 0.1) is 0 Å². The molecule has 0 saturated carbocycles. The van der Waals surface area contributed by atoms with Crippen LogP contribution in [0.15, 0.2) is 144 Å². The van der Waals surface area contributed by atoms with E-state index in [0.717, 1.165) is 38.8 Å². The van der Waals surface area contributed by atoms with Gasteiger partial charge in [-0.1, -0.05) is 137 Å². The molecule has 0 fully saturated rings. The van der Waals surface area contributed by atoms with Crippen LogP contribution in [-0.2, 0) is 10.8 Å². The number of rotatable bonds is 2. The van der Waals surface area contributed by atoms with E-state index in [1.54, 1.807) is 0 Å². The molecular formula is C50H37NO. The van der Waals surface area contributed by atoms with Gasteiger partial charge in [0.25, 0.3) is 0 Å². The zero-order valence-corrected chi connectivity index (χ0v) is 29.8. The molecule has 3 aliphatic rings. The molecular weight excluding hydrogens is 631 g/mol. The Hall–Kier alpha value is -6.12. The van der Waals surface area contributed by atoms with Crippen molar-refractivity contribution in [1.82, 2.24) is 0 Å². The van der Waals surface area contributed by atoms with Crippen LogP contribution >= 0.6 is 0 Å². The Kier molecular flexibility index (Phi) is 5.83. The van der Waals surface area contributed by atoms with Gasteiger partial charge in [0.1, 0.15) is 11.2 Å². The average molecular weight is 668 g/mol. The summed E-state index contributed by atoms with van der Waals surface area (Å²) in [7, 11) is 0. The van der Waals surface area contributed by atoms with Gasteiger partial charge in [-0.2, -0.15) is 0 Å². The number of fused-ring (bicyclic) bond motifs is 11. The fourth-order valence-electron chi connectivity index (χ4n) is 9.53. The quantitative estimate of drug-likeness (QED) is 0.182. The number of hydrogen-bond acceptors (Lipinski definition) is 2. The molecule has 0 amide bonds. The smallest absolute Gasteiger partial charge is 0.143 e. The van der Waals surface area contributed by atoms with E-state index in [-0.39, 0.29) is 10.8 Å². The molecule has 2 heterocycles. The highest BCUT2D eigenvalue weighted by molar-refractivity contribution is 6.10. The van der Waals surface area contributed by atoms with E-state index in [0.29, 0.717) is 0 Å². The lowest BCUT2D eigenvalue weighted by atomic mass is 9.81. The predicted molar refractivity (Wildman–Crippen MR) is 218 cm³/mol. The van der Waals surface area contributed by atoms with Crippen LogP contribution in [0.4, 0.5) is 17.1 Å². The molecule has 2 aliphatic carbocycles. The Labute approximate surface area is 304 Å². The standard InChI is InChI=1S/C50H37NO/c1-49(2)42-18-9-6-13-36(42)40-29-46-32(27-43(40)49)21-20-31-26-30(34-15-11-16-39-38-14-7-10-19-47(38)52-48(34)39)22-25-45(31)51(46)33-23-24-37-35-12-5-8-17-41(35)50(3,4)44(37)28-33/h5-29H,1-4H3. The topological polar surface area (TPSA) is 16.4 Å². The summed E-state index contributed by atoms with van der Waals surface area (Å²) in [5, 5.41) is 2.29. The molecule has 0 bridgehead atoms. The maximum absolute atomic E-state index is 6.50. The molecule has 8 aromatic rings. The molecule has 0 unspecified atom stereocenters. The highest BCUT2D eigenvalue weighted by Crippen LogP contribution is 2.55. The predicted octanol–water partition coefficient (Wildman–Crippen LogP) is 13.8. The van der Waals surface area contributed by atoms with Crippen molar-refractivity contribution in [3.8, 4) is 33.4 Å². The summed E-state index contributed by atoms with van der Waals surface area (Å²) >= 11 is 0. The normalized spacial score (nSPS) is 15.5. The highest BCUT2D eigenvalue weighted by Gasteiger charge is 2.38. The Morgan fingerprint density at radius 2 is 1.06 bits per heavy atom. The van der Waals surface area contributed by atoms with Crippen molar-refractivity contribution in [3.63, 3.8) is 0 Å². The SMILES string of the molecule is CC1(C)c2ccccc2-c2ccc(N3c4ccc(-c5cccc6c5oc5ccccc56)cc4C=Cc4cc5c(cc43)-c3ccccc3C5(C)C)cc21. The van der Waals surface area contributed by atoms with Crippen molar-refractivity contribution in [2.75, 3.05) is 4.90 Å². The van der Waals surface area contributed by atoms with E-state index < -0.39 is 0 Å². The summed E-state index contributed by atoms with van der Waals surface area (Å²) in [5.41, 5.74) is 20.7. The molecule has 248 valence electrons. The molecule has 11 rings (SSSR count). The van der Waals surface area contributed by atoms with Crippen molar-refractivity contribution < 1.29 is 4.42 Å². The molecule has 2 nitrogen and oxygen atoms in total. The minimum atomic E-state index is -0.103. The fraction of sp³-hybridized carbons (Fsp3) is 0.120. The maximum atomic E-state index is 6.50. The lowest BCUT2D eigenvalue weighted by Gasteiger charge is -2.30. The largest absolute Gasteiger partial charge is 0.455 e. The fourth-order valence-corrected chi connectivity index (χ4v) is 9.53. The first-order valence-corrected chi connectivity index (χ1v) is 18.3. The maximum Gasteiger partial charge on any atom is 0.143 e. The third kappa shape index (κ3) is 3.90. The molecule has 0 spiro atoms. The van der Waals surface area contributed by atoms with Crippen LogP contribution in [0.1, 0.15) is 61.1 Å². The van der Waals surface area contributed by atoms with E-state index >= 15 is 0 Å². The molecule has 1 aromatic heterocycles. The molecule has 0 N–H and O–H groups in total. The molecule has 1 aliphatic heterocycles. The number of anilines is 3. The molecule has 2 heteroatoms. The minimum absolute atomic E-state index is 0.0828. The van der Waals surface area contributed by atoms with Crippen LogP contribution < -0.4 is 4.90 Å². The van der Waals surface area contributed by atoms with E-state index in [2.05, 4.69) is 178 Å². The third-order valence-corrected chi connectivity index (χ3v) is 12.2. The van der Waals surface area contributed by atoms with Gasteiger partial charge >= 0.3 is 0 Å². The number of hydrogen-bond donors (Lipinski definition) is 0. The average Bonchev–Trinajstić information content (AvgIpc) is 3.69. The van der Waals surface area contributed by atoms with Crippen LogP contribution in [-0.4, -0.2) is 0 Å². The number of furan rings is 1. The molecule has 7 aromatic carbocycles. The van der Waals surface area contributed by atoms with Gasteiger partial charge in [-0.15, -0.1) is 0 Å². The Balaban J connectivity index is 1.14. The van der Waals surface area contributed by atoms with E-state index in [9.17, 15) is 0 Å². The van der Waals surface area contributed by atoms with Crippen molar-refractivity contribution in [2.45, 2.75) is 38.5 Å². The van der Waals surface area contributed by atoms with Crippen molar-refractivity contribution >= 4 is 51.2 Å². The summed E-state index contributed by atoms with van der Waals surface area (Å²) < 4.78 is 6.50. The molecule has 0 radical (unpaired) electrons. The van der Waals surface area contributed by atoms with Gasteiger partial charge < -0.3 is 9.32 Å². The van der Waals surface area contributed by atoms with Crippen LogP contribution in [0.25, 0.3) is 67.5 Å².